The molecule has 0 bridgehead atoms. The minimum Gasteiger partial charge on any atom is -0.444 e. The molecule has 12 heavy (non-hydrogen) atoms. The van der Waals surface area contributed by atoms with Gasteiger partial charge in [0.2, 0.25) is 0 Å². The zero-order chi connectivity index (χ0) is 9.56. The summed E-state index contributed by atoms with van der Waals surface area (Å²) in [6, 6.07) is 0. The molecule has 0 aromatic heterocycles. The van der Waals surface area contributed by atoms with E-state index in [1.165, 1.54) is 0 Å². The maximum absolute atomic E-state index is 10.8. The first-order chi connectivity index (χ1) is 5.57. The summed E-state index contributed by atoms with van der Waals surface area (Å²) in [5.41, 5.74) is 0. The van der Waals surface area contributed by atoms with E-state index in [-0.39, 0.29) is 6.09 Å². The number of hydrogen-bond acceptors (Lipinski definition) is 2. The standard InChI is InChI=1S/C6H8BrI2NO2/c1-2-10-6(11)12-3-4(8)5(7)9/h2-3H2,1H3,(H,10,11)/b5-4+. The molecule has 0 rings (SSSR count). The summed E-state index contributed by atoms with van der Waals surface area (Å²) >= 11 is 7.50. The molecule has 3 nitrogen and oxygen atoms in total. The SMILES string of the molecule is CCNC(=O)OC/C(I)=C(/Br)I. The highest BCUT2D eigenvalue weighted by Crippen LogP contribution is 2.24. The van der Waals surface area contributed by atoms with Gasteiger partial charge < -0.3 is 10.1 Å². The molecule has 0 atom stereocenters. The van der Waals surface area contributed by atoms with Crippen molar-refractivity contribution in [1.29, 1.82) is 0 Å². The van der Waals surface area contributed by atoms with Gasteiger partial charge in [0.25, 0.3) is 0 Å². The van der Waals surface area contributed by atoms with Crippen LogP contribution < -0.4 is 5.32 Å². The second-order valence-corrected chi connectivity index (χ2v) is 6.43. The Kier molecular flexibility index (Phi) is 7.95. The van der Waals surface area contributed by atoms with Gasteiger partial charge in [0.1, 0.15) is 6.61 Å². The summed E-state index contributed by atoms with van der Waals surface area (Å²) in [5, 5.41) is 2.53. The van der Waals surface area contributed by atoms with Crippen molar-refractivity contribution in [3.63, 3.8) is 0 Å². The van der Waals surface area contributed by atoms with Crippen molar-refractivity contribution in [2.45, 2.75) is 6.92 Å². The molecular weight excluding hydrogens is 452 g/mol. The van der Waals surface area contributed by atoms with Crippen molar-refractivity contribution in [3.8, 4) is 0 Å². The molecule has 0 aliphatic heterocycles. The summed E-state index contributed by atoms with van der Waals surface area (Å²) in [6.07, 6.45) is -0.378. The van der Waals surface area contributed by atoms with Crippen LogP contribution in [0, 0.1) is 0 Å². The lowest BCUT2D eigenvalue weighted by Gasteiger charge is -2.04. The molecule has 1 N–H and O–H groups in total. The lowest BCUT2D eigenvalue weighted by Crippen LogP contribution is -2.24. The molecule has 0 aromatic carbocycles. The fraction of sp³-hybridized carbons (Fsp3) is 0.500. The Morgan fingerprint density at radius 1 is 1.58 bits per heavy atom. The first-order valence-electron chi connectivity index (χ1n) is 3.18. The summed E-state index contributed by atoms with van der Waals surface area (Å²) < 4.78 is 6.79. The zero-order valence-corrected chi connectivity index (χ0v) is 12.3. The summed E-state index contributed by atoms with van der Waals surface area (Å²) in [5.74, 6) is 0. The van der Waals surface area contributed by atoms with Gasteiger partial charge in [-0.2, -0.15) is 0 Å². The molecule has 0 saturated heterocycles. The lowest BCUT2D eigenvalue weighted by molar-refractivity contribution is 0.158. The van der Waals surface area contributed by atoms with E-state index in [9.17, 15) is 4.79 Å². The van der Waals surface area contributed by atoms with Crippen LogP contribution in [-0.4, -0.2) is 19.2 Å². The quantitative estimate of drug-likeness (QED) is 0.658. The van der Waals surface area contributed by atoms with E-state index < -0.39 is 0 Å². The maximum atomic E-state index is 10.8. The smallest absolute Gasteiger partial charge is 0.407 e. The summed E-state index contributed by atoms with van der Waals surface area (Å²) in [4.78, 5) is 10.8. The Morgan fingerprint density at radius 3 is 2.58 bits per heavy atom. The van der Waals surface area contributed by atoms with Crippen molar-refractivity contribution in [1.82, 2.24) is 5.32 Å². The van der Waals surface area contributed by atoms with E-state index in [4.69, 9.17) is 4.74 Å². The van der Waals surface area contributed by atoms with Crippen LogP contribution in [0.3, 0.4) is 0 Å². The zero-order valence-electron chi connectivity index (χ0n) is 6.36. The van der Waals surface area contributed by atoms with E-state index >= 15 is 0 Å². The van der Waals surface area contributed by atoms with Crippen LogP contribution in [0.1, 0.15) is 6.92 Å². The summed E-state index contributed by atoms with van der Waals surface area (Å²) in [6.45, 7) is 2.75. The largest absolute Gasteiger partial charge is 0.444 e. The lowest BCUT2D eigenvalue weighted by atomic mass is 10.7. The molecule has 0 aliphatic rings. The molecule has 70 valence electrons. The molecule has 0 saturated carbocycles. The number of ether oxygens (including phenoxy) is 1. The predicted octanol–water partition coefficient (Wildman–Crippen LogP) is 3.17. The topological polar surface area (TPSA) is 38.3 Å². The van der Waals surface area contributed by atoms with Crippen LogP contribution >= 0.6 is 61.1 Å². The van der Waals surface area contributed by atoms with Gasteiger partial charge in [-0.1, -0.05) is 0 Å². The number of carbonyl (C=O) groups is 1. The minimum absolute atomic E-state index is 0.315. The van der Waals surface area contributed by atoms with Gasteiger partial charge in [-0.05, 0) is 68.0 Å². The second kappa shape index (κ2) is 7.36. The first-order valence-corrected chi connectivity index (χ1v) is 6.13. The van der Waals surface area contributed by atoms with Crippen molar-refractivity contribution in [2.24, 2.45) is 0 Å². The minimum atomic E-state index is -0.378. The van der Waals surface area contributed by atoms with Crippen molar-refractivity contribution >= 4 is 67.2 Å². The third-order valence-corrected chi connectivity index (χ3v) is 4.61. The maximum Gasteiger partial charge on any atom is 0.407 e. The molecular formula is C6H8BrI2NO2. The molecule has 6 heteroatoms. The van der Waals surface area contributed by atoms with E-state index in [0.29, 0.717) is 13.2 Å². The molecule has 0 spiro atoms. The molecule has 0 fully saturated rings. The third kappa shape index (κ3) is 6.46. The Bertz CT molecular complexity index is 192. The molecule has 0 heterocycles. The monoisotopic (exact) mass is 459 g/mol. The molecule has 0 aromatic rings. The highest BCUT2D eigenvalue weighted by molar-refractivity contribution is 14.1. The summed E-state index contributed by atoms with van der Waals surface area (Å²) in [7, 11) is 0. The number of amides is 1. The normalized spacial score (nSPS) is 12.0. The van der Waals surface area contributed by atoms with Crippen molar-refractivity contribution in [2.75, 3.05) is 13.2 Å². The van der Waals surface area contributed by atoms with Crippen molar-refractivity contribution < 1.29 is 9.53 Å². The number of hydrogen-bond donors (Lipinski definition) is 1. The van der Waals surface area contributed by atoms with Crippen LogP contribution in [0.15, 0.2) is 6.07 Å². The second-order valence-electron chi connectivity index (χ2n) is 1.77. The van der Waals surface area contributed by atoms with Gasteiger partial charge in [0.15, 0.2) is 0 Å². The van der Waals surface area contributed by atoms with Gasteiger partial charge in [0, 0.05) is 10.1 Å². The average molecular weight is 460 g/mol. The van der Waals surface area contributed by atoms with Crippen LogP contribution in [0.2, 0.25) is 0 Å². The average Bonchev–Trinajstić information content (AvgIpc) is 2.00. The molecule has 0 unspecified atom stereocenters. The van der Waals surface area contributed by atoms with E-state index in [2.05, 4.69) is 66.4 Å². The number of rotatable bonds is 3. The van der Waals surface area contributed by atoms with Gasteiger partial charge >= 0.3 is 6.09 Å². The van der Waals surface area contributed by atoms with E-state index in [1.54, 1.807) is 0 Å². The van der Waals surface area contributed by atoms with Crippen LogP contribution in [0.5, 0.6) is 0 Å². The van der Waals surface area contributed by atoms with Gasteiger partial charge in [0.05, 0.1) is 2.49 Å². The number of halogens is 3. The number of nitrogens with one attached hydrogen (secondary N) is 1. The Hall–Kier alpha value is 0.950. The Morgan fingerprint density at radius 2 is 2.17 bits per heavy atom. The number of alkyl carbamates (subject to hydrolysis) is 1. The Labute approximate surface area is 107 Å². The van der Waals surface area contributed by atoms with Gasteiger partial charge in [-0.15, -0.1) is 0 Å². The van der Waals surface area contributed by atoms with E-state index in [0.717, 1.165) is 6.07 Å². The third-order valence-electron chi connectivity index (χ3n) is 0.856. The highest BCUT2D eigenvalue weighted by Gasteiger charge is 2.02. The number of carbonyl (C=O) groups excluding carboxylic acids is 1. The molecule has 0 aliphatic carbocycles. The highest BCUT2D eigenvalue weighted by atomic mass is 127. The first kappa shape index (κ1) is 12.9. The Balaban J connectivity index is 3.69. The van der Waals surface area contributed by atoms with Crippen LogP contribution in [0.25, 0.3) is 0 Å². The van der Waals surface area contributed by atoms with Gasteiger partial charge in [-0.3, -0.25) is 0 Å². The fourth-order valence-electron chi connectivity index (χ4n) is 0.379. The van der Waals surface area contributed by atoms with Crippen LogP contribution in [-0.2, 0) is 4.74 Å². The van der Waals surface area contributed by atoms with Gasteiger partial charge in [-0.25, -0.2) is 4.79 Å². The van der Waals surface area contributed by atoms with E-state index in [1.807, 2.05) is 6.92 Å². The fourth-order valence-corrected chi connectivity index (χ4v) is 0.805. The van der Waals surface area contributed by atoms with Crippen LogP contribution in [0.4, 0.5) is 4.79 Å². The van der Waals surface area contributed by atoms with Crippen molar-refractivity contribution in [3.05, 3.63) is 6.07 Å². The predicted molar refractivity (Wildman–Crippen MR) is 69.0 cm³/mol. The molecule has 0 radical (unpaired) electrons. The molecule has 1 amide bonds.